The normalized spacial score (nSPS) is 11.1. The summed E-state index contributed by atoms with van der Waals surface area (Å²) in [6.07, 6.45) is 0.601. The van der Waals surface area contributed by atoms with Gasteiger partial charge in [-0.1, -0.05) is 35.3 Å². The van der Waals surface area contributed by atoms with Gasteiger partial charge in [0, 0.05) is 6.42 Å². The number of fused-ring (bicyclic) bond motifs is 1. The Morgan fingerprint density at radius 1 is 1.05 bits per heavy atom. The molecule has 0 radical (unpaired) electrons. The zero-order valence-corrected chi connectivity index (χ0v) is 11.3. The van der Waals surface area contributed by atoms with Gasteiger partial charge in [-0.25, -0.2) is 9.37 Å². The Balaban J connectivity index is 1.95. The van der Waals surface area contributed by atoms with Gasteiger partial charge >= 0.3 is 0 Å². The molecule has 3 aromatic rings. The topological polar surface area (TPSA) is 28.7 Å². The van der Waals surface area contributed by atoms with Gasteiger partial charge in [-0.05, 0) is 29.8 Å². The van der Waals surface area contributed by atoms with Crippen LogP contribution in [0.15, 0.2) is 36.4 Å². The Morgan fingerprint density at radius 2 is 1.74 bits per heavy atom. The van der Waals surface area contributed by atoms with Crippen molar-refractivity contribution in [2.75, 3.05) is 0 Å². The lowest BCUT2D eigenvalue weighted by Gasteiger charge is -1.97. The largest absolute Gasteiger partial charge is 0.342 e. The highest BCUT2D eigenvalue weighted by Gasteiger charge is 2.07. The third-order valence-electron chi connectivity index (χ3n) is 2.86. The molecule has 0 saturated heterocycles. The summed E-state index contributed by atoms with van der Waals surface area (Å²) in [7, 11) is 0. The molecule has 0 aliphatic carbocycles. The molecule has 96 valence electrons. The van der Waals surface area contributed by atoms with Gasteiger partial charge < -0.3 is 4.98 Å². The highest BCUT2D eigenvalue weighted by Crippen LogP contribution is 2.26. The molecule has 0 fully saturated rings. The number of imidazole rings is 1. The Morgan fingerprint density at radius 3 is 2.47 bits per heavy atom. The van der Waals surface area contributed by atoms with Crippen molar-refractivity contribution in [3.8, 4) is 0 Å². The predicted octanol–water partition coefficient (Wildman–Crippen LogP) is 4.60. The average Bonchev–Trinajstić information content (AvgIpc) is 2.74. The number of hydrogen-bond donors (Lipinski definition) is 1. The van der Waals surface area contributed by atoms with Crippen LogP contribution in [0.25, 0.3) is 11.0 Å². The van der Waals surface area contributed by atoms with Gasteiger partial charge in [0.05, 0.1) is 21.1 Å². The van der Waals surface area contributed by atoms with E-state index < -0.39 is 0 Å². The van der Waals surface area contributed by atoms with E-state index >= 15 is 0 Å². The van der Waals surface area contributed by atoms with Crippen molar-refractivity contribution >= 4 is 34.2 Å². The first-order valence-corrected chi connectivity index (χ1v) is 6.45. The van der Waals surface area contributed by atoms with Gasteiger partial charge in [-0.2, -0.15) is 0 Å². The molecule has 0 saturated carbocycles. The lowest BCUT2D eigenvalue weighted by molar-refractivity contribution is 0.627. The Kier molecular flexibility index (Phi) is 3.17. The van der Waals surface area contributed by atoms with Gasteiger partial charge in [0.25, 0.3) is 0 Å². The first-order chi connectivity index (χ1) is 9.11. The zero-order valence-electron chi connectivity index (χ0n) is 9.75. The predicted molar refractivity (Wildman–Crippen MR) is 75.3 cm³/mol. The Labute approximate surface area is 119 Å². The van der Waals surface area contributed by atoms with Crippen molar-refractivity contribution in [3.05, 3.63) is 63.6 Å². The molecule has 2 nitrogen and oxygen atoms in total. The van der Waals surface area contributed by atoms with E-state index in [1.54, 1.807) is 24.3 Å². The number of aromatic nitrogens is 2. The second kappa shape index (κ2) is 4.83. The molecule has 1 aromatic heterocycles. The van der Waals surface area contributed by atoms with Crippen molar-refractivity contribution in [2.24, 2.45) is 0 Å². The van der Waals surface area contributed by atoms with Crippen LogP contribution >= 0.6 is 23.2 Å². The van der Waals surface area contributed by atoms with Crippen molar-refractivity contribution in [2.45, 2.75) is 6.42 Å². The molecule has 0 bridgehead atoms. The summed E-state index contributed by atoms with van der Waals surface area (Å²) in [6, 6.07) is 9.83. The van der Waals surface area contributed by atoms with Crippen LogP contribution in [0.4, 0.5) is 4.39 Å². The van der Waals surface area contributed by atoms with Gasteiger partial charge in [0.15, 0.2) is 0 Å². The highest BCUT2D eigenvalue weighted by atomic mass is 35.5. The molecule has 5 heteroatoms. The summed E-state index contributed by atoms with van der Waals surface area (Å²) >= 11 is 11.9. The number of aromatic amines is 1. The molecule has 0 amide bonds. The smallest absolute Gasteiger partial charge is 0.123 e. The molecule has 3 rings (SSSR count). The second-order valence-electron chi connectivity index (χ2n) is 4.27. The number of H-pyrrole nitrogens is 1. The van der Waals surface area contributed by atoms with Crippen LogP contribution in [-0.4, -0.2) is 9.97 Å². The van der Waals surface area contributed by atoms with Gasteiger partial charge in [-0.15, -0.1) is 0 Å². The average molecular weight is 295 g/mol. The molecule has 2 aromatic carbocycles. The van der Waals surface area contributed by atoms with Crippen LogP contribution in [0, 0.1) is 5.82 Å². The molecule has 19 heavy (non-hydrogen) atoms. The summed E-state index contributed by atoms with van der Waals surface area (Å²) in [5.41, 5.74) is 2.59. The van der Waals surface area contributed by atoms with Crippen LogP contribution in [0.3, 0.4) is 0 Å². The SMILES string of the molecule is Fc1ccc(Cc2nc3cc(Cl)c(Cl)cc3[nH]2)cc1. The fraction of sp³-hybridized carbons (Fsp3) is 0.0714. The number of halogens is 3. The van der Waals surface area contributed by atoms with Gasteiger partial charge in [-0.3, -0.25) is 0 Å². The fourth-order valence-electron chi connectivity index (χ4n) is 1.94. The quantitative estimate of drug-likeness (QED) is 0.735. The molecular formula is C14H9Cl2FN2. The van der Waals surface area contributed by atoms with Crippen LogP contribution in [-0.2, 0) is 6.42 Å². The minimum Gasteiger partial charge on any atom is -0.342 e. The number of rotatable bonds is 2. The van der Waals surface area contributed by atoms with Crippen LogP contribution in [0.1, 0.15) is 11.4 Å². The van der Waals surface area contributed by atoms with Crippen LogP contribution < -0.4 is 0 Å². The molecule has 1 heterocycles. The summed E-state index contributed by atoms with van der Waals surface area (Å²) in [5, 5.41) is 0.972. The van der Waals surface area contributed by atoms with E-state index in [1.807, 2.05) is 0 Å². The van der Waals surface area contributed by atoms with E-state index in [-0.39, 0.29) is 5.82 Å². The van der Waals surface area contributed by atoms with Crippen molar-refractivity contribution in [1.29, 1.82) is 0 Å². The Bertz CT molecular complexity index is 696. The third-order valence-corrected chi connectivity index (χ3v) is 3.58. The van der Waals surface area contributed by atoms with Crippen LogP contribution in [0.2, 0.25) is 10.0 Å². The summed E-state index contributed by atoms with van der Waals surface area (Å²) in [4.78, 5) is 7.62. The van der Waals surface area contributed by atoms with E-state index in [4.69, 9.17) is 23.2 Å². The molecule has 0 aliphatic heterocycles. The number of hydrogen-bond acceptors (Lipinski definition) is 1. The van der Waals surface area contributed by atoms with Crippen LogP contribution in [0.5, 0.6) is 0 Å². The summed E-state index contributed by atoms with van der Waals surface area (Å²) in [6.45, 7) is 0. The Hall–Kier alpha value is -1.58. The molecule has 1 N–H and O–H groups in total. The van der Waals surface area contributed by atoms with Crippen molar-refractivity contribution in [1.82, 2.24) is 9.97 Å². The molecular weight excluding hydrogens is 286 g/mol. The molecule has 0 unspecified atom stereocenters. The highest BCUT2D eigenvalue weighted by molar-refractivity contribution is 6.42. The lowest BCUT2D eigenvalue weighted by Crippen LogP contribution is -1.90. The number of benzene rings is 2. The first-order valence-electron chi connectivity index (χ1n) is 5.70. The monoisotopic (exact) mass is 294 g/mol. The van der Waals surface area contributed by atoms with Crippen molar-refractivity contribution in [3.63, 3.8) is 0 Å². The molecule has 0 spiro atoms. The van der Waals surface area contributed by atoms with E-state index in [9.17, 15) is 4.39 Å². The number of nitrogens with one attached hydrogen (secondary N) is 1. The van der Waals surface area contributed by atoms with E-state index in [1.165, 1.54) is 12.1 Å². The summed E-state index contributed by atoms with van der Waals surface area (Å²) < 4.78 is 12.8. The van der Waals surface area contributed by atoms with Crippen molar-refractivity contribution < 1.29 is 4.39 Å². The maximum Gasteiger partial charge on any atom is 0.123 e. The standard InChI is InChI=1S/C14H9Cl2FN2/c15-10-6-12-13(7-11(10)16)19-14(18-12)5-8-1-3-9(17)4-2-8/h1-4,6-7H,5H2,(H,18,19). The van der Waals surface area contributed by atoms with E-state index in [2.05, 4.69) is 9.97 Å². The molecule has 0 atom stereocenters. The number of nitrogens with zero attached hydrogens (tertiary/aromatic N) is 1. The summed E-state index contributed by atoms with van der Waals surface area (Å²) in [5.74, 6) is 0.548. The van der Waals surface area contributed by atoms with E-state index in [0.717, 1.165) is 22.4 Å². The van der Waals surface area contributed by atoms with Gasteiger partial charge in [0.2, 0.25) is 0 Å². The third kappa shape index (κ3) is 2.57. The van der Waals surface area contributed by atoms with Gasteiger partial charge in [0.1, 0.15) is 11.6 Å². The minimum absolute atomic E-state index is 0.244. The first kappa shape index (κ1) is 12.5. The second-order valence-corrected chi connectivity index (χ2v) is 5.08. The minimum atomic E-state index is -0.244. The maximum absolute atomic E-state index is 12.8. The maximum atomic E-state index is 12.8. The zero-order chi connectivity index (χ0) is 13.4. The lowest BCUT2D eigenvalue weighted by atomic mass is 10.1. The fourth-order valence-corrected chi connectivity index (χ4v) is 2.26. The molecule has 0 aliphatic rings. The van der Waals surface area contributed by atoms with E-state index in [0.29, 0.717) is 16.5 Å².